The number of nitrogens with zero attached hydrogens (tertiary/aromatic N) is 1. The number of benzene rings is 1. The van der Waals surface area contributed by atoms with E-state index in [0.29, 0.717) is 6.07 Å². The van der Waals surface area contributed by atoms with Gasteiger partial charge in [-0.1, -0.05) is 0 Å². The average molecular weight is 323 g/mol. The average Bonchev–Trinajstić information content (AvgIpc) is 3.24. The molecule has 0 spiro atoms. The fourth-order valence-corrected chi connectivity index (χ4v) is 2.77. The van der Waals surface area contributed by atoms with Crippen molar-refractivity contribution < 1.29 is 23.2 Å². The number of carbonyl (C=O) groups excluding carboxylic acids is 3. The van der Waals surface area contributed by atoms with E-state index < -0.39 is 41.6 Å². The highest BCUT2D eigenvalue weighted by atomic mass is 19.1. The van der Waals surface area contributed by atoms with Gasteiger partial charge >= 0.3 is 6.03 Å². The Labute approximate surface area is 130 Å². The zero-order valence-electron chi connectivity index (χ0n) is 12.4. The molecular weight excluding hydrogens is 308 g/mol. The van der Waals surface area contributed by atoms with Crippen LogP contribution in [0.15, 0.2) is 18.2 Å². The zero-order chi connectivity index (χ0) is 16.8. The van der Waals surface area contributed by atoms with E-state index in [0.717, 1.165) is 29.9 Å². The van der Waals surface area contributed by atoms with E-state index in [9.17, 15) is 23.2 Å². The Bertz CT molecular complexity index is 685. The predicted octanol–water partition coefficient (Wildman–Crippen LogP) is 1.62. The summed E-state index contributed by atoms with van der Waals surface area (Å²) in [6.45, 7) is 1.13. The van der Waals surface area contributed by atoms with E-state index in [1.807, 2.05) is 0 Å². The molecule has 6 nitrogen and oxygen atoms in total. The molecule has 8 heteroatoms. The highest BCUT2D eigenvalue weighted by Crippen LogP contribution is 2.42. The maximum atomic E-state index is 13.1. The van der Waals surface area contributed by atoms with E-state index in [-0.39, 0.29) is 11.6 Å². The van der Waals surface area contributed by atoms with Gasteiger partial charge in [0.1, 0.15) is 23.7 Å². The Morgan fingerprint density at radius 3 is 2.48 bits per heavy atom. The molecule has 2 aliphatic rings. The molecular formula is C15H15F2N3O3. The molecule has 0 bridgehead atoms. The first kappa shape index (κ1) is 15.4. The van der Waals surface area contributed by atoms with Gasteiger partial charge in [-0.05, 0) is 37.8 Å². The van der Waals surface area contributed by atoms with Crippen molar-refractivity contribution in [1.82, 2.24) is 10.2 Å². The Balaban J connectivity index is 1.68. The third-order valence-corrected chi connectivity index (χ3v) is 4.14. The molecule has 2 N–H and O–H groups in total. The fourth-order valence-electron chi connectivity index (χ4n) is 2.77. The highest BCUT2D eigenvalue weighted by molar-refractivity contribution is 6.10. The molecule has 1 saturated heterocycles. The highest BCUT2D eigenvalue weighted by Gasteiger charge is 2.56. The van der Waals surface area contributed by atoms with Gasteiger partial charge in [0.15, 0.2) is 0 Å². The summed E-state index contributed by atoms with van der Waals surface area (Å²) in [5.74, 6) is -2.75. The molecule has 1 heterocycles. The predicted molar refractivity (Wildman–Crippen MR) is 76.4 cm³/mol. The zero-order valence-corrected chi connectivity index (χ0v) is 12.4. The molecule has 122 valence electrons. The van der Waals surface area contributed by atoms with Gasteiger partial charge in [0.2, 0.25) is 5.91 Å². The molecule has 1 aliphatic carbocycles. The summed E-state index contributed by atoms with van der Waals surface area (Å²) in [6.07, 6.45) is 1.70. The van der Waals surface area contributed by atoms with Crippen molar-refractivity contribution in [3.8, 4) is 0 Å². The number of amides is 4. The molecule has 1 aromatic rings. The lowest BCUT2D eigenvalue weighted by Crippen LogP contribution is -2.46. The van der Waals surface area contributed by atoms with Gasteiger partial charge in [-0.25, -0.2) is 13.6 Å². The summed E-state index contributed by atoms with van der Waals surface area (Å²) >= 11 is 0. The van der Waals surface area contributed by atoms with Crippen LogP contribution in [0.3, 0.4) is 0 Å². The van der Waals surface area contributed by atoms with Crippen molar-refractivity contribution in [2.75, 3.05) is 11.9 Å². The standard InChI is InChI=1S/C15H15F2N3O3/c1-15(8-2-3-8)13(22)20(14(23)19-15)7-12(21)18-11-5-9(16)4-10(17)6-11/h4-6,8H,2-3,7H2,1H3,(H,18,21)(H,19,23)/t15-/m0/s1. The smallest absolute Gasteiger partial charge is 0.324 e. The monoisotopic (exact) mass is 323 g/mol. The van der Waals surface area contributed by atoms with Crippen LogP contribution in [0, 0.1) is 17.6 Å². The number of halogens is 2. The number of imide groups is 1. The molecule has 0 unspecified atom stereocenters. The normalized spacial score (nSPS) is 23.9. The fraction of sp³-hybridized carbons (Fsp3) is 0.400. The number of rotatable bonds is 4. The van der Waals surface area contributed by atoms with Crippen LogP contribution in [0.4, 0.5) is 19.3 Å². The SMILES string of the molecule is C[C@@]1(C2CC2)NC(=O)N(CC(=O)Nc2cc(F)cc(F)c2)C1=O. The number of hydrogen-bond acceptors (Lipinski definition) is 3. The first-order valence-corrected chi connectivity index (χ1v) is 7.19. The second-order valence-electron chi connectivity index (χ2n) is 6.00. The number of anilines is 1. The molecule has 1 aromatic carbocycles. The van der Waals surface area contributed by atoms with Crippen molar-refractivity contribution in [3.63, 3.8) is 0 Å². The lowest BCUT2D eigenvalue weighted by atomic mass is 9.96. The van der Waals surface area contributed by atoms with Gasteiger partial charge in [0.25, 0.3) is 5.91 Å². The first-order chi connectivity index (χ1) is 10.8. The van der Waals surface area contributed by atoms with E-state index in [2.05, 4.69) is 10.6 Å². The Hall–Kier alpha value is -2.51. The minimum atomic E-state index is -0.970. The minimum Gasteiger partial charge on any atom is -0.324 e. The van der Waals surface area contributed by atoms with Crippen LogP contribution in [-0.4, -0.2) is 34.8 Å². The molecule has 2 fully saturated rings. The quantitative estimate of drug-likeness (QED) is 0.827. The Morgan fingerprint density at radius 2 is 1.91 bits per heavy atom. The molecule has 0 radical (unpaired) electrons. The summed E-state index contributed by atoms with van der Waals surface area (Å²) in [4.78, 5) is 37.1. The van der Waals surface area contributed by atoms with Crippen molar-refractivity contribution in [3.05, 3.63) is 29.8 Å². The van der Waals surface area contributed by atoms with Crippen molar-refractivity contribution in [2.24, 2.45) is 5.92 Å². The van der Waals surface area contributed by atoms with Crippen LogP contribution in [-0.2, 0) is 9.59 Å². The van der Waals surface area contributed by atoms with E-state index in [4.69, 9.17) is 0 Å². The van der Waals surface area contributed by atoms with Gasteiger partial charge in [-0.3, -0.25) is 14.5 Å². The maximum absolute atomic E-state index is 13.1. The summed E-state index contributed by atoms with van der Waals surface area (Å²) < 4.78 is 26.2. The maximum Gasteiger partial charge on any atom is 0.325 e. The first-order valence-electron chi connectivity index (χ1n) is 7.19. The molecule has 4 amide bonds. The summed E-state index contributed by atoms with van der Waals surface area (Å²) in [5, 5.41) is 4.89. The Morgan fingerprint density at radius 1 is 1.30 bits per heavy atom. The second kappa shape index (κ2) is 5.29. The van der Waals surface area contributed by atoms with E-state index >= 15 is 0 Å². The molecule has 1 atom stereocenters. The van der Waals surface area contributed by atoms with Crippen LogP contribution in [0.25, 0.3) is 0 Å². The third-order valence-electron chi connectivity index (χ3n) is 4.14. The lowest BCUT2D eigenvalue weighted by Gasteiger charge is -2.20. The number of hydrogen-bond donors (Lipinski definition) is 2. The van der Waals surface area contributed by atoms with Crippen molar-refractivity contribution >= 4 is 23.5 Å². The molecule has 0 aromatic heterocycles. The Kier molecular flexibility index (Phi) is 3.54. The van der Waals surface area contributed by atoms with Crippen LogP contribution in [0.1, 0.15) is 19.8 Å². The summed E-state index contributed by atoms with van der Waals surface area (Å²) in [7, 11) is 0. The molecule has 3 rings (SSSR count). The van der Waals surface area contributed by atoms with Gasteiger partial charge in [-0.15, -0.1) is 0 Å². The molecule has 1 saturated carbocycles. The van der Waals surface area contributed by atoms with Gasteiger partial charge < -0.3 is 10.6 Å². The lowest BCUT2D eigenvalue weighted by molar-refractivity contribution is -0.134. The van der Waals surface area contributed by atoms with Crippen molar-refractivity contribution in [1.29, 1.82) is 0 Å². The van der Waals surface area contributed by atoms with Gasteiger partial charge in [0, 0.05) is 11.8 Å². The largest absolute Gasteiger partial charge is 0.325 e. The minimum absolute atomic E-state index is 0.0792. The number of urea groups is 1. The van der Waals surface area contributed by atoms with Crippen LogP contribution < -0.4 is 10.6 Å². The van der Waals surface area contributed by atoms with Gasteiger partial charge in [0.05, 0.1) is 0 Å². The van der Waals surface area contributed by atoms with Crippen LogP contribution in [0.5, 0.6) is 0 Å². The van der Waals surface area contributed by atoms with E-state index in [1.54, 1.807) is 6.92 Å². The van der Waals surface area contributed by atoms with Crippen LogP contribution in [0.2, 0.25) is 0 Å². The summed E-state index contributed by atoms with van der Waals surface area (Å²) in [5.41, 5.74) is -1.05. The topological polar surface area (TPSA) is 78.5 Å². The molecule has 23 heavy (non-hydrogen) atoms. The molecule has 1 aliphatic heterocycles. The number of nitrogens with one attached hydrogen (secondary N) is 2. The van der Waals surface area contributed by atoms with Gasteiger partial charge in [-0.2, -0.15) is 0 Å². The number of carbonyl (C=O) groups is 3. The van der Waals surface area contributed by atoms with E-state index in [1.165, 1.54) is 0 Å². The second-order valence-corrected chi connectivity index (χ2v) is 6.00. The van der Waals surface area contributed by atoms with Crippen LogP contribution >= 0.6 is 0 Å². The summed E-state index contributed by atoms with van der Waals surface area (Å²) in [6, 6.07) is 1.93. The van der Waals surface area contributed by atoms with Crippen molar-refractivity contribution in [2.45, 2.75) is 25.3 Å². The third kappa shape index (κ3) is 2.88.